The van der Waals surface area contributed by atoms with Crippen LogP contribution >= 0.6 is 0 Å². The fourth-order valence-electron chi connectivity index (χ4n) is 0.460. The van der Waals surface area contributed by atoms with Crippen LogP contribution < -0.4 is 5.55 Å². The molecule has 0 spiro atoms. The molecule has 1 rings (SSSR count). The highest BCUT2D eigenvalue weighted by Crippen LogP contribution is 1.84. The monoisotopic (exact) mass is 109 g/mol. The molecular weight excluding hydrogens is 102 g/mol. The lowest BCUT2D eigenvalue weighted by Crippen LogP contribution is -1.99. The van der Waals surface area contributed by atoms with Crippen LogP contribution in [0.1, 0.15) is 5.56 Å². The summed E-state index contributed by atoms with van der Waals surface area (Å²) in [6.07, 6.45) is 1.50. The lowest BCUT2D eigenvalue weighted by Gasteiger charge is -1.85. The molecule has 2 heteroatoms. The molecule has 1 aromatic heterocycles. The van der Waals surface area contributed by atoms with Gasteiger partial charge in [0, 0.05) is 5.56 Å². The van der Waals surface area contributed by atoms with E-state index in [9.17, 15) is 0 Å². The largest absolute Gasteiger partial charge is 0.447 e. The minimum absolute atomic E-state index is 0.243. The molecule has 0 amide bonds. The van der Waals surface area contributed by atoms with Gasteiger partial charge < -0.3 is 4.42 Å². The zero-order valence-electron chi connectivity index (χ0n) is 4.64. The molecule has 0 bridgehead atoms. The maximum absolute atomic E-state index is 7.05. The summed E-state index contributed by atoms with van der Waals surface area (Å²) in [5, 5.41) is 7.05. The standard InChI is InChI=1S/C6H7NO/c1-5-3-2-4-8-6(5)7/h2-4,7H,1H3. The number of hydrogen-bond acceptors (Lipinski definition) is 2. The third kappa shape index (κ3) is 0.780. The van der Waals surface area contributed by atoms with Gasteiger partial charge in [-0.05, 0) is 13.0 Å². The maximum Gasteiger partial charge on any atom is 0.213 e. The van der Waals surface area contributed by atoms with Crippen molar-refractivity contribution in [2.75, 3.05) is 0 Å². The highest BCUT2D eigenvalue weighted by Gasteiger charge is 1.82. The third-order valence-electron chi connectivity index (χ3n) is 0.969. The summed E-state index contributed by atoms with van der Waals surface area (Å²) in [5.41, 5.74) is 1.11. The van der Waals surface area contributed by atoms with Crippen molar-refractivity contribution >= 4 is 0 Å². The fraction of sp³-hybridized carbons (Fsp3) is 0.167. The average Bonchev–Trinajstić information content (AvgIpc) is 1.77. The highest BCUT2D eigenvalue weighted by molar-refractivity contribution is 5.01. The Bertz CT molecular complexity index is 226. The van der Waals surface area contributed by atoms with E-state index in [1.165, 1.54) is 6.26 Å². The van der Waals surface area contributed by atoms with Gasteiger partial charge >= 0.3 is 0 Å². The Balaban J connectivity index is 3.35. The van der Waals surface area contributed by atoms with E-state index >= 15 is 0 Å². The number of hydrogen-bond donors (Lipinski definition) is 1. The summed E-state index contributed by atoms with van der Waals surface area (Å²) in [4.78, 5) is 0. The second-order valence-electron chi connectivity index (χ2n) is 1.63. The molecule has 1 heterocycles. The van der Waals surface area contributed by atoms with Crippen LogP contribution in [-0.4, -0.2) is 0 Å². The van der Waals surface area contributed by atoms with E-state index in [2.05, 4.69) is 0 Å². The summed E-state index contributed by atoms with van der Waals surface area (Å²) < 4.78 is 4.72. The molecule has 0 aliphatic heterocycles. The molecular formula is C6H7NO. The van der Waals surface area contributed by atoms with Crippen molar-refractivity contribution in [1.29, 1.82) is 5.41 Å². The van der Waals surface area contributed by atoms with Crippen molar-refractivity contribution < 1.29 is 4.42 Å². The van der Waals surface area contributed by atoms with Crippen LogP contribution in [0.25, 0.3) is 0 Å². The molecule has 0 atom stereocenters. The molecule has 0 saturated carbocycles. The number of nitrogens with one attached hydrogen (secondary N) is 1. The van der Waals surface area contributed by atoms with E-state index in [1.54, 1.807) is 6.07 Å². The summed E-state index contributed by atoms with van der Waals surface area (Å²) >= 11 is 0. The van der Waals surface area contributed by atoms with Gasteiger partial charge in [-0.3, -0.25) is 5.41 Å². The topological polar surface area (TPSA) is 37.0 Å². The first-order chi connectivity index (χ1) is 3.80. The molecule has 1 N–H and O–H groups in total. The van der Waals surface area contributed by atoms with Gasteiger partial charge in [0.15, 0.2) is 0 Å². The van der Waals surface area contributed by atoms with Gasteiger partial charge in [-0.1, -0.05) is 6.07 Å². The fourth-order valence-corrected chi connectivity index (χ4v) is 0.460. The Hall–Kier alpha value is -1.05. The summed E-state index contributed by atoms with van der Waals surface area (Å²) in [6.45, 7) is 1.84. The van der Waals surface area contributed by atoms with Crippen molar-refractivity contribution in [3.05, 3.63) is 29.5 Å². The molecule has 1 aromatic rings. The van der Waals surface area contributed by atoms with Gasteiger partial charge in [-0.2, -0.15) is 0 Å². The second kappa shape index (κ2) is 1.82. The molecule has 0 unspecified atom stereocenters. The third-order valence-corrected chi connectivity index (χ3v) is 0.969. The van der Waals surface area contributed by atoms with Gasteiger partial charge in [0.05, 0.1) is 6.26 Å². The van der Waals surface area contributed by atoms with E-state index in [4.69, 9.17) is 9.83 Å². The van der Waals surface area contributed by atoms with Gasteiger partial charge in [0.2, 0.25) is 5.55 Å². The first-order valence-corrected chi connectivity index (χ1v) is 2.40. The van der Waals surface area contributed by atoms with Crippen molar-refractivity contribution in [3.8, 4) is 0 Å². The lowest BCUT2D eigenvalue weighted by atomic mass is 10.3. The van der Waals surface area contributed by atoms with Gasteiger partial charge in [-0.15, -0.1) is 0 Å². The van der Waals surface area contributed by atoms with Crippen LogP contribution in [0.4, 0.5) is 0 Å². The van der Waals surface area contributed by atoms with Gasteiger partial charge in [0.1, 0.15) is 0 Å². The Morgan fingerprint density at radius 1 is 1.62 bits per heavy atom. The van der Waals surface area contributed by atoms with Crippen molar-refractivity contribution in [2.45, 2.75) is 6.92 Å². The quantitative estimate of drug-likeness (QED) is 0.531. The Labute approximate surface area is 47.3 Å². The molecule has 0 saturated heterocycles. The first-order valence-electron chi connectivity index (χ1n) is 2.40. The van der Waals surface area contributed by atoms with E-state index in [0.29, 0.717) is 0 Å². The molecule has 0 aliphatic carbocycles. The van der Waals surface area contributed by atoms with Crippen LogP contribution in [-0.2, 0) is 0 Å². The smallest absolute Gasteiger partial charge is 0.213 e. The van der Waals surface area contributed by atoms with Gasteiger partial charge in [-0.25, -0.2) is 0 Å². The molecule has 0 radical (unpaired) electrons. The second-order valence-corrected chi connectivity index (χ2v) is 1.63. The predicted octanol–water partition coefficient (Wildman–Crippen LogP) is 1.07. The minimum Gasteiger partial charge on any atom is -0.447 e. The molecule has 42 valence electrons. The summed E-state index contributed by atoms with van der Waals surface area (Å²) in [5.74, 6) is 0. The molecule has 8 heavy (non-hydrogen) atoms. The minimum atomic E-state index is 0.243. The zero-order chi connectivity index (χ0) is 5.98. The Morgan fingerprint density at radius 2 is 2.38 bits per heavy atom. The number of rotatable bonds is 0. The molecule has 0 aromatic carbocycles. The van der Waals surface area contributed by atoms with E-state index < -0.39 is 0 Å². The first kappa shape index (κ1) is 5.09. The average molecular weight is 109 g/mol. The van der Waals surface area contributed by atoms with Gasteiger partial charge in [0.25, 0.3) is 0 Å². The van der Waals surface area contributed by atoms with E-state index in [1.807, 2.05) is 13.0 Å². The zero-order valence-corrected chi connectivity index (χ0v) is 4.64. The van der Waals surface area contributed by atoms with Crippen LogP contribution in [0.2, 0.25) is 0 Å². The van der Waals surface area contributed by atoms with Crippen LogP contribution in [0.15, 0.2) is 22.8 Å². The van der Waals surface area contributed by atoms with Crippen molar-refractivity contribution in [2.24, 2.45) is 0 Å². The molecule has 0 aliphatic rings. The summed E-state index contributed by atoms with van der Waals surface area (Å²) in [7, 11) is 0. The van der Waals surface area contributed by atoms with Crippen molar-refractivity contribution in [3.63, 3.8) is 0 Å². The Kier molecular flexibility index (Phi) is 1.16. The van der Waals surface area contributed by atoms with E-state index in [-0.39, 0.29) is 5.55 Å². The Morgan fingerprint density at radius 3 is 2.75 bits per heavy atom. The van der Waals surface area contributed by atoms with Crippen LogP contribution in [0, 0.1) is 12.3 Å². The predicted molar refractivity (Wildman–Crippen MR) is 29.3 cm³/mol. The molecule has 2 nitrogen and oxygen atoms in total. The molecule has 0 fully saturated rings. The van der Waals surface area contributed by atoms with E-state index in [0.717, 1.165) is 5.56 Å². The summed E-state index contributed by atoms with van der Waals surface area (Å²) in [6, 6.07) is 3.61. The SMILES string of the molecule is Cc1cccoc1=N. The van der Waals surface area contributed by atoms with Crippen LogP contribution in [0.3, 0.4) is 0 Å². The highest BCUT2D eigenvalue weighted by atomic mass is 16.3. The lowest BCUT2D eigenvalue weighted by molar-refractivity contribution is 0.481. The maximum atomic E-state index is 7.05. The normalized spacial score (nSPS) is 9.12. The van der Waals surface area contributed by atoms with Crippen molar-refractivity contribution in [1.82, 2.24) is 0 Å². The van der Waals surface area contributed by atoms with Crippen LogP contribution in [0.5, 0.6) is 0 Å². The number of aryl methyl sites for hydroxylation is 1.